The highest BCUT2D eigenvalue weighted by Crippen LogP contribution is 1.77. The first-order valence-corrected chi connectivity index (χ1v) is 2.21. The maximum atomic E-state index is 4.90. The SMILES string of the molecule is [B]COCP. The minimum absolute atomic E-state index is 0.323. The summed E-state index contributed by atoms with van der Waals surface area (Å²) >= 11 is 0. The van der Waals surface area contributed by atoms with Crippen LogP contribution in [0.3, 0.4) is 0 Å². The van der Waals surface area contributed by atoms with E-state index in [1.165, 1.54) is 0 Å². The first-order chi connectivity index (χ1) is 2.41. The van der Waals surface area contributed by atoms with Crippen LogP contribution in [0.4, 0.5) is 0 Å². The van der Waals surface area contributed by atoms with Gasteiger partial charge in [-0.15, -0.1) is 9.24 Å². The van der Waals surface area contributed by atoms with Gasteiger partial charge < -0.3 is 4.74 Å². The number of rotatable bonds is 2. The molecule has 0 aromatic rings. The zero-order valence-corrected chi connectivity index (χ0v) is 4.13. The van der Waals surface area contributed by atoms with Crippen LogP contribution < -0.4 is 0 Å². The van der Waals surface area contributed by atoms with Crippen molar-refractivity contribution in [1.82, 2.24) is 0 Å². The van der Waals surface area contributed by atoms with Crippen molar-refractivity contribution in [3.05, 3.63) is 0 Å². The summed E-state index contributed by atoms with van der Waals surface area (Å²) in [6.45, 7) is 0.323. The topological polar surface area (TPSA) is 9.23 Å². The number of hydrogen-bond acceptors (Lipinski definition) is 1. The Labute approximate surface area is 35.7 Å². The summed E-state index contributed by atoms with van der Waals surface area (Å²) in [6, 6.07) is 0. The van der Waals surface area contributed by atoms with Gasteiger partial charge in [0.1, 0.15) is 7.85 Å². The Bertz CT molecular complexity index is 17.1. The Balaban J connectivity index is 2.19. The van der Waals surface area contributed by atoms with Gasteiger partial charge in [0, 0.05) is 6.51 Å². The summed E-state index contributed by atoms with van der Waals surface area (Å²) in [7, 11) is 7.30. The average molecular weight is 87.9 g/mol. The molecular weight excluding hydrogens is 81.8 g/mol. The van der Waals surface area contributed by atoms with Crippen molar-refractivity contribution in [2.45, 2.75) is 0 Å². The minimum atomic E-state index is 0.323. The summed E-state index contributed by atoms with van der Waals surface area (Å²) in [6.07, 6.45) is 0.635. The van der Waals surface area contributed by atoms with E-state index >= 15 is 0 Å². The van der Waals surface area contributed by atoms with Gasteiger partial charge in [-0.2, -0.15) is 0 Å². The van der Waals surface area contributed by atoms with Crippen LogP contribution in [-0.2, 0) is 4.74 Å². The molecular formula is C2H6BOP. The lowest BCUT2D eigenvalue weighted by molar-refractivity contribution is 0.235. The molecule has 0 aliphatic carbocycles. The van der Waals surface area contributed by atoms with E-state index in [0.29, 0.717) is 12.9 Å². The second-order valence-corrected chi connectivity index (χ2v) is 0.871. The lowest BCUT2D eigenvalue weighted by atomic mass is 10.2. The molecule has 0 amide bonds. The Hall–Kier alpha value is 0.455. The molecule has 0 bridgehead atoms. The maximum absolute atomic E-state index is 4.90. The van der Waals surface area contributed by atoms with E-state index in [2.05, 4.69) is 14.0 Å². The third-order valence-electron chi connectivity index (χ3n) is 0.236. The minimum Gasteiger partial charge on any atom is -0.387 e. The van der Waals surface area contributed by atoms with Crippen LogP contribution in [0.15, 0.2) is 0 Å². The molecule has 0 spiro atoms. The van der Waals surface area contributed by atoms with Crippen molar-refractivity contribution >= 4 is 17.1 Å². The molecule has 3 heteroatoms. The highest BCUT2D eigenvalue weighted by molar-refractivity contribution is 7.16. The predicted octanol–water partition coefficient (Wildman–Crippen LogP) is -0.0384. The van der Waals surface area contributed by atoms with Gasteiger partial charge >= 0.3 is 0 Å². The largest absolute Gasteiger partial charge is 0.387 e. The fraction of sp³-hybridized carbons (Fsp3) is 1.00. The molecule has 1 unspecified atom stereocenters. The Morgan fingerprint density at radius 2 is 2.40 bits per heavy atom. The molecule has 2 radical (unpaired) electrons. The summed E-state index contributed by atoms with van der Waals surface area (Å²) in [4.78, 5) is 0. The summed E-state index contributed by atoms with van der Waals surface area (Å²) < 4.78 is 4.57. The van der Waals surface area contributed by atoms with E-state index in [1.807, 2.05) is 0 Å². The maximum Gasteiger partial charge on any atom is 0.104 e. The zero-order valence-electron chi connectivity index (χ0n) is 2.98. The standard InChI is InChI=1S/C2H6BOP/c3-1-4-2-5/h1-2,5H2. The second kappa shape index (κ2) is 4.45. The molecule has 0 N–H and O–H groups in total. The van der Waals surface area contributed by atoms with Gasteiger partial charge in [-0.1, -0.05) is 0 Å². The first-order valence-electron chi connectivity index (χ1n) is 1.39. The molecule has 0 saturated carbocycles. The third-order valence-corrected chi connectivity index (χ3v) is 0.471. The Kier molecular flexibility index (Phi) is 4.86. The monoisotopic (exact) mass is 88.0 g/mol. The van der Waals surface area contributed by atoms with Crippen molar-refractivity contribution in [3.8, 4) is 0 Å². The van der Waals surface area contributed by atoms with E-state index in [4.69, 9.17) is 7.85 Å². The molecule has 1 nitrogen and oxygen atoms in total. The van der Waals surface area contributed by atoms with Crippen LogP contribution in [-0.4, -0.2) is 20.7 Å². The van der Waals surface area contributed by atoms with Gasteiger partial charge in [-0.05, 0) is 0 Å². The summed E-state index contributed by atoms with van der Waals surface area (Å²) in [5.41, 5.74) is 0. The van der Waals surface area contributed by atoms with Crippen molar-refractivity contribution in [1.29, 1.82) is 0 Å². The fourth-order valence-corrected chi connectivity index (χ4v) is 0.204. The molecule has 5 heavy (non-hydrogen) atoms. The fourth-order valence-electron chi connectivity index (χ4n) is 0.0680. The molecule has 0 rings (SSSR count). The van der Waals surface area contributed by atoms with E-state index in [-0.39, 0.29) is 0 Å². The van der Waals surface area contributed by atoms with E-state index < -0.39 is 0 Å². The molecule has 0 saturated heterocycles. The van der Waals surface area contributed by atoms with Gasteiger partial charge in [0.15, 0.2) is 0 Å². The van der Waals surface area contributed by atoms with Gasteiger partial charge in [-0.3, -0.25) is 0 Å². The highest BCUT2D eigenvalue weighted by atomic mass is 31.0. The van der Waals surface area contributed by atoms with Crippen molar-refractivity contribution in [2.75, 3.05) is 12.9 Å². The normalized spacial score (nSPS) is 8.20. The summed E-state index contributed by atoms with van der Waals surface area (Å²) in [5, 5.41) is 0. The Morgan fingerprint density at radius 3 is 2.40 bits per heavy atom. The lowest BCUT2D eigenvalue weighted by Gasteiger charge is -1.86. The number of hydrogen-bond donors (Lipinski definition) is 0. The van der Waals surface area contributed by atoms with Crippen LogP contribution in [0.5, 0.6) is 0 Å². The van der Waals surface area contributed by atoms with Gasteiger partial charge in [0.05, 0.1) is 6.35 Å². The van der Waals surface area contributed by atoms with E-state index in [0.717, 1.165) is 0 Å². The molecule has 0 aromatic heterocycles. The zero-order chi connectivity index (χ0) is 4.12. The number of ether oxygens (including phenoxy) is 1. The average Bonchev–Trinajstić information content (AvgIpc) is 1.41. The van der Waals surface area contributed by atoms with E-state index in [9.17, 15) is 0 Å². The van der Waals surface area contributed by atoms with Crippen LogP contribution in [0.2, 0.25) is 0 Å². The lowest BCUT2D eigenvalue weighted by Crippen LogP contribution is -1.86. The molecule has 0 fully saturated rings. The quantitative estimate of drug-likeness (QED) is 0.340. The van der Waals surface area contributed by atoms with Gasteiger partial charge in [0.25, 0.3) is 0 Å². The molecule has 0 aromatic carbocycles. The van der Waals surface area contributed by atoms with Crippen molar-refractivity contribution in [3.63, 3.8) is 0 Å². The van der Waals surface area contributed by atoms with Crippen molar-refractivity contribution in [2.24, 2.45) is 0 Å². The molecule has 1 atom stereocenters. The second-order valence-electron chi connectivity index (χ2n) is 0.537. The van der Waals surface area contributed by atoms with Crippen LogP contribution >= 0.6 is 9.24 Å². The first kappa shape index (κ1) is 5.45. The third kappa shape index (κ3) is 4.45. The highest BCUT2D eigenvalue weighted by Gasteiger charge is 1.64. The Morgan fingerprint density at radius 1 is 1.80 bits per heavy atom. The molecule has 0 aliphatic rings. The predicted molar refractivity (Wildman–Crippen MR) is 26.3 cm³/mol. The van der Waals surface area contributed by atoms with Crippen LogP contribution in [0.1, 0.15) is 0 Å². The van der Waals surface area contributed by atoms with Crippen LogP contribution in [0.25, 0.3) is 0 Å². The van der Waals surface area contributed by atoms with Crippen molar-refractivity contribution < 1.29 is 4.74 Å². The summed E-state index contributed by atoms with van der Waals surface area (Å²) in [5.74, 6) is 0. The van der Waals surface area contributed by atoms with Gasteiger partial charge in [-0.25, -0.2) is 0 Å². The molecule has 0 heterocycles. The molecule has 28 valence electrons. The van der Waals surface area contributed by atoms with E-state index in [1.54, 1.807) is 0 Å². The molecule has 0 aliphatic heterocycles. The van der Waals surface area contributed by atoms with Crippen LogP contribution in [0, 0.1) is 0 Å². The smallest absolute Gasteiger partial charge is 0.104 e. The van der Waals surface area contributed by atoms with Gasteiger partial charge in [0.2, 0.25) is 0 Å².